The number of hydrogen-bond acceptors (Lipinski definition) is 1. The molecule has 1 heterocycles. The van der Waals surface area contributed by atoms with E-state index in [4.69, 9.17) is 0 Å². The van der Waals surface area contributed by atoms with Crippen LogP contribution in [0.2, 0.25) is 0 Å². The minimum absolute atomic E-state index is 0.619. The number of alkyl halides is 3. The van der Waals surface area contributed by atoms with Crippen LogP contribution in [0.5, 0.6) is 0 Å². The number of unbranched alkanes of at least 4 members (excludes halogenated alkanes) is 1. The molecule has 0 saturated carbocycles. The normalized spacial score (nSPS) is 20.8. The maximum absolute atomic E-state index is 12.1. The van der Waals surface area contributed by atoms with Crippen molar-refractivity contribution in [2.24, 2.45) is 5.92 Å². The van der Waals surface area contributed by atoms with Crippen molar-refractivity contribution in [3.63, 3.8) is 0 Å². The molecule has 1 nitrogen and oxygen atoms in total. The van der Waals surface area contributed by atoms with Gasteiger partial charge in [0.05, 0.1) is 6.54 Å². The molecule has 0 amide bonds. The second kappa shape index (κ2) is 5.73. The first-order valence-corrected chi connectivity index (χ1v) is 5.80. The lowest BCUT2D eigenvalue weighted by Gasteiger charge is -2.32. The number of nitrogens with zero attached hydrogens (tertiary/aromatic N) is 1. The molecule has 4 heteroatoms. The highest BCUT2D eigenvalue weighted by Gasteiger charge is 2.32. The lowest BCUT2D eigenvalue weighted by atomic mass is 9.92. The molecule has 0 spiro atoms. The monoisotopic (exact) mass is 223 g/mol. The van der Waals surface area contributed by atoms with Gasteiger partial charge in [0.25, 0.3) is 0 Å². The lowest BCUT2D eigenvalue weighted by molar-refractivity contribution is -0.148. The molecule has 0 aliphatic carbocycles. The van der Waals surface area contributed by atoms with Gasteiger partial charge in [0.1, 0.15) is 0 Å². The zero-order valence-electron chi connectivity index (χ0n) is 9.32. The van der Waals surface area contributed by atoms with Crippen LogP contribution in [0.4, 0.5) is 13.2 Å². The molecular formula is C11H20F3N. The average molecular weight is 223 g/mol. The van der Waals surface area contributed by atoms with Gasteiger partial charge < -0.3 is 0 Å². The molecule has 15 heavy (non-hydrogen) atoms. The highest BCUT2D eigenvalue weighted by atomic mass is 19.4. The van der Waals surface area contributed by atoms with Crippen molar-refractivity contribution in [1.29, 1.82) is 0 Å². The molecule has 0 N–H and O–H groups in total. The van der Waals surface area contributed by atoms with Gasteiger partial charge >= 0.3 is 6.18 Å². The second-order valence-corrected chi connectivity index (χ2v) is 4.48. The third-order valence-electron chi connectivity index (χ3n) is 3.08. The SMILES string of the molecule is CCCCC1CCN(CC(F)(F)F)CC1. The van der Waals surface area contributed by atoms with E-state index in [9.17, 15) is 13.2 Å². The van der Waals surface area contributed by atoms with Crippen LogP contribution in [0.1, 0.15) is 39.0 Å². The molecule has 0 aromatic heterocycles. The van der Waals surface area contributed by atoms with Crippen LogP contribution >= 0.6 is 0 Å². The Morgan fingerprint density at radius 1 is 1.20 bits per heavy atom. The van der Waals surface area contributed by atoms with E-state index in [1.54, 1.807) is 0 Å². The van der Waals surface area contributed by atoms with E-state index >= 15 is 0 Å². The van der Waals surface area contributed by atoms with E-state index in [0.29, 0.717) is 19.0 Å². The van der Waals surface area contributed by atoms with Gasteiger partial charge in [0, 0.05) is 0 Å². The Kier molecular flexibility index (Phi) is 4.90. The largest absolute Gasteiger partial charge is 0.401 e. The van der Waals surface area contributed by atoms with Crippen molar-refractivity contribution in [1.82, 2.24) is 4.90 Å². The van der Waals surface area contributed by atoms with Crippen LogP contribution < -0.4 is 0 Å². The van der Waals surface area contributed by atoms with Crippen molar-refractivity contribution in [2.45, 2.75) is 45.2 Å². The summed E-state index contributed by atoms with van der Waals surface area (Å²) in [4.78, 5) is 1.53. The Hall–Kier alpha value is -0.250. The van der Waals surface area contributed by atoms with Crippen molar-refractivity contribution >= 4 is 0 Å². The van der Waals surface area contributed by atoms with Gasteiger partial charge in [-0.25, -0.2) is 0 Å². The molecular weight excluding hydrogens is 203 g/mol. The van der Waals surface area contributed by atoms with Gasteiger partial charge in [-0.2, -0.15) is 13.2 Å². The third kappa shape index (κ3) is 5.40. The molecule has 0 aromatic carbocycles. The molecule has 1 saturated heterocycles. The van der Waals surface area contributed by atoms with Crippen LogP contribution in [-0.2, 0) is 0 Å². The van der Waals surface area contributed by atoms with Gasteiger partial charge in [0.2, 0.25) is 0 Å². The predicted molar refractivity (Wildman–Crippen MR) is 54.7 cm³/mol. The highest BCUT2D eigenvalue weighted by Crippen LogP contribution is 2.25. The first-order valence-electron chi connectivity index (χ1n) is 5.80. The molecule has 1 aliphatic rings. The second-order valence-electron chi connectivity index (χ2n) is 4.48. The summed E-state index contributed by atoms with van der Waals surface area (Å²) in [5.41, 5.74) is 0. The zero-order chi connectivity index (χ0) is 11.3. The fourth-order valence-electron chi connectivity index (χ4n) is 2.18. The van der Waals surface area contributed by atoms with Gasteiger partial charge in [-0.05, 0) is 31.8 Å². The van der Waals surface area contributed by atoms with Crippen LogP contribution in [0.3, 0.4) is 0 Å². The van der Waals surface area contributed by atoms with Gasteiger partial charge in [0.15, 0.2) is 0 Å². The quantitative estimate of drug-likeness (QED) is 0.705. The minimum atomic E-state index is -4.03. The summed E-state index contributed by atoms with van der Waals surface area (Å²) in [6, 6.07) is 0. The van der Waals surface area contributed by atoms with Gasteiger partial charge in [-0.1, -0.05) is 26.2 Å². The molecule has 0 radical (unpaired) electrons. The number of hydrogen-bond donors (Lipinski definition) is 0. The Labute approximate surface area is 89.6 Å². The van der Waals surface area contributed by atoms with E-state index in [1.807, 2.05) is 0 Å². The molecule has 1 rings (SSSR count). The number of halogens is 3. The van der Waals surface area contributed by atoms with E-state index in [2.05, 4.69) is 6.92 Å². The summed E-state index contributed by atoms with van der Waals surface area (Å²) in [6.45, 7) is 2.66. The summed E-state index contributed by atoms with van der Waals surface area (Å²) in [5.74, 6) is 0.662. The summed E-state index contributed by atoms with van der Waals surface area (Å²) in [6.07, 6.45) is 1.44. The molecule has 1 aliphatic heterocycles. The van der Waals surface area contributed by atoms with Crippen LogP contribution in [0, 0.1) is 5.92 Å². The maximum Gasteiger partial charge on any atom is 0.401 e. The van der Waals surface area contributed by atoms with Gasteiger partial charge in [-0.3, -0.25) is 4.90 Å². The van der Waals surface area contributed by atoms with Crippen LogP contribution in [0.15, 0.2) is 0 Å². The Balaban J connectivity index is 2.18. The smallest absolute Gasteiger partial charge is 0.295 e. The summed E-state index contributed by atoms with van der Waals surface area (Å²) < 4.78 is 36.3. The first kappa shape index (κ1) is 12.8. The molecule has 0 bridgehead atoms. The fraction of sp³-hybridized carbons (Fsp3) is 1.00. The van der Waals surface area contributed by atoms with E-state index < -0.39 is 12.7 Å². The molecule has 0 unspecified atom stereocenters. The molecule has 1 fully saturated rings. The fourth-order valence-corrected chi connectivity index (χ4v) is 2.18. The van der Waals surface area contributed by atoms with Crippen LogP contribution in [-0.4, -0.2) is 30.7 Å². The number of rotatable bonds is 4. The van der Waals surface area contributed by atoms with E-state index in [1.165, 1.54) is 24.2 Å². The molecule has 0 atom stereocenters. The van der Waals surface area contributed by atoms with Crippen molar-refractivity contribution in [3.05, 3.63) is 0 Å². The lowest BCUT2D eigenvalue weighted by Crippen LogP contribution is -2.40. The topological polar surface area (TPSA) is 3.24 Å². The summed E-state index contributed by atoms with van der Waals surface area (Å²) in [7, 11) is 0. The Bertz CT molecular complexity index is 171. The summed E-state index contributed by atoms with van der Waals surface area (Å²) in [5, 5.41) is 0. The Morgan fingerprint density at radius 2 is 1.80 bits per heavy atom. The summed E-state index contributed by atoms with van der Waals surface area (Å²) >= 11 is 0. The highest BCUT2D eigenvalue weighted by molar-refractivity contribution is 4.74. The number of piperidine rings is 1. The third-order valence-corrected chi connectivity index (χ3v) is 3.08. The minimum Gasteiger partial charge on any atom is -0.295 e. The Morgan fingerprint density at radius 3 is 2.27 bits per heavy atom. The van der Waals surface area contributed by atoms with Gasteiger partial charge in [-0.15, -0.1) is 0 Å². The average Bonchev–Trinajstić information content (AvgIpc) is 2.14. The van der Waals surface area contributed by atoms with E-state index in [0.717, 1.165) is 12.8 Å². The molecule has 90 valence electrons. The predicted octanol–water partition coefficient (Wildman–Crippen LogP) is 3.45. The first-order chi connectivity index (χ1) is 7.01. The standard InChI is InChI=1S/C11H20F3N/c1-2-3-4-10-5-7-15(8-6-10)9-11(12,13)14/h10H,2-9H2,1H3. The van der Waals surface area contributed by atoms with Crippen molar-refractivity contribution in [3.8, 4) is 0 Å². The maximum atomic E-state index is 12.1. The van der Waals surface area contributed by atoms with E-state index in [-0.39, 0.29) is 0 Å². The van der Waals surface area contributed by atoms with Crippen molar-refractivity contribution < 1.29 is 13.2 Å². The number of likely N-dealkylation sites (tertiary alicyclic amines) is 1. The molecule has 0 aromatic rings. The van der Waals surface area contributed by atoms with Crippen molar-refractivity contribution in [2.75, 3.05) is 19.6 Å². The zero-order valence-corrected chi connectivity index (χ0v) is 9.32. The van der Waals surface area contributed by atoms with Crippen LogP contribution in [0.25, 0.3) is 0 Å².